The minimum Gasteiger partial charge on any atom is -0.295 e. The van der Waals surface area contributed by atoms with Crippen molar-refractivity contribution in [2.75, 3.05) is 5.75 Å². The lowest BCUT2D eigenvalue weighted by Crippen LogP contribution is -1.99. The molecule has 0 aliphatic heterocycles. The van der Waals surface area contributed by atoms with Gasteiger partial charge in [0.25, 0.3) is 0 Å². The van der Waals surface area contributed by atoms with Crippen LogP contribution in [0.25, 0.3) is 0 Å². The van der Waals surface area contributed by atoms with Crippen LogP contribution >= 0.6 is 11.8 Å². The van der Waals surface area contributed by atoms with Crippen LogP contribution in [0.5, 0.6) is 0 Å². The quantitative estimate of drug-likeness (QED) is 0.284. The van der Waals surface area contributed by atoms with Crippen molar-refractivity contribution in [2.45, 2.75) is 39.0 Å². The Balaban J connectivity index is 0.000000690. The van der Waals surface area contributed by atoms with Gasteiger partial charge in [0.15, 0.2) is 5.78 Å². The number of thioether (sulfide) groups is 1. The van der Waals surface area contributed by atoms with E-state index in [9.17, 15) is 4.79 Å². The number of benzene rings is 1. The van der Waals surface area contributed by atoms with E-state index in [1.165, 1.54) is 10.5 Å². The molecule has 1 aromatic rings. The van der Waals surface area contributed by atoms with E-state index in [0.29, 0.717) is 0 Å². The summed E-state index contributed by atoms with van der Waals surface area (Å²) < 4.78 is 0. The number of hydrogen-bond donors (Lipinski definition) is 0. The fourth-order valence-electron chi connectivity index (χ4n) is 1.16. The molecule has 0 heterocycles. The Kier molecular flexibility index (Phi) is 11.3. The SMILES string of the molecule is C/C=C\C=C(/CSc1ccccc1)C(C)=O.C=C(C)CC. The third kappa shape index (κ3) is 10.9. The molecule has 0 unspecified atom stereocenters. The summed E-state index contributed by atoms with van der Waals surface area (Å²) >= 11 is 1.68. The van der Waals surface area contributed by atoms with Crippen molar-refractivity contribution >= 4 is 17.5 Å². The molecule has 0 fully saturated rings. The highest BCUT2D eigenvalue weighted by molar-refractivity contribution is 7.99. The van der Waals surface area contributed by atoms with Crippen LogP contribution in [0.15, 0.2) is 71.2 Å². The van der Waals surface area contributed by atoms with Gasteiger partial charge < -0.3 is 0 Å². The molecule has 2 heteroatoms. The van der Waals surface area contributed by atoms with E-state index >= 15 is 0 Å². The van der Waals surface area contributed by atoms with Gasteiger partial charge in [-0.15, -0.1) is 18.3 Å². The van der Waals surface area contributed by atoms with Crippen molar-refractivity contribution in [3.8, 4) is 0 Å². The summed E-state index contributed by atoms with van der Waals surface area (Å²) in [6.45, 7) is 11.4. The van der Waals surface area contributed by atoms with Gasteiger partial charge in [-0.25, -0.2) is 0 Å². The molecular weight excluding hydrogens is 276 g/mol. The van der Waals surface area contributed by atoms with Gasteiger partial charge in [-0.1, -0.05) is 48.9 Å². The lowest BCUT2D eigenvalue weighted by molar-refractivity contribution is -0.113. The first-order chi connectivity index (χ1) is 10.0. The van der Waals surface area contributed by atoms with Gasteiger partial charge >= 0.3 is 0 Å². The minimum absolute atomic E-state index is 0.140. The van der Waals surface area contributed by atoms with E-state index in [0.717, 1.165) is 17.7 Å². The third-order valence-corrected chi connectivity index (χ3v) is 3.74. The molecule has 0 aromatic heterocycles. The van der Waals surface area contributed by atoms with E-state index in [-0.39, 0.29) is 5.78 Å². The maximum atomic E-state index is 11.4. The smallest absolute Gasteiger partial charge is 0.156 e. The van der Waals surface area contributed by atoms with Crippen molar-refractivity contribution < 1.29 is 4.79 Å². The van der Waals surface area contributed by atoms with Crippen LogP contribution in [-0.2, 0) is 4.79 Å². The second kappa shape index (κ2) is 12.2. The van der Waals surface area contributed by atoms with Crippen LogP contribution in [0.1, 0.15) is 34.1 Å². The first-order valence-electron chi connectivity index (χ1n) is 7.16. The van der Waals surface area contributed by atoms with E-state index < -0.39 is 0 Å². The van der Waals surface area contributed by atoms with Gasteiger partial charge in [0.05, 0.1) is 0 Å². The Morgan fingerprint density at radius 1 is 1.24 bits per heavy atom. The summed E-state index contributed by atoms with van der Waals surface area (Å²) in [5.74, 6) is 0.866. The van der Waals surface area contributed by atoms with Crippen molar-refractivity contribution in [1.82, 2.24) is 0 Å². The van der Waals surface area contributed by atoms with Crippen LogP contribution in [0.3, 0.4) is 0 Å². The standard InChI is InChI=1S/C14H16OS.C5H10/c1-3-4-8-13(12(2)15)11-16-14-9-6-5-7-10-14;1-4-5(2)3/h3-10H,11H2,1-2H3;2,4H2,1,3H3/b4-3-,13-8+;. The van der Waals surface area contributed by atoms with E-state index in [1.54, 1.807) is 18.7 Å². The van der Waals surface area contributed by atoms with Gasteiger partial charge in [-0.05, 0) is 39.3 Å². The molecule has 0 saturated carbocycles. The summed E-state index contributed by atoms with van der Waals surface area (Å²) in [4.78, 5) is 12.5. The molecule has 1 nitrogen and oxygen atoms in total. The molecule has 0 amide bonds. The molecule has 114 valence electrons. The van der Waals surface area contributed by atoms with Crippen LogP contribution in [0.4, 0.5) is 0 Å². The molecule has 0 atom stereocenters. The molecule has 21 heavy (non-hydrogen) atoms. The predicted molar refractivity (Wildman–Crippen MR) is 95.8 cm³/mol. The van der Waals surface area contributed by atoms with Gasteiger partial charge in [0, 0.05) is 16.2 Å². The molecule has 0 saturated heterocycles. The van der Waals surface area contributed by atoms with Crippen LogP contribution in [0.2, 0.25) is 0 Å². The Morgan fingerprint density at radius 3 is 2.24 bits per heavy atom. The molecule has 0 aliphatic carbocycles. The Labute approximate surface area is 133 Å². The average molecular weight is 302 g/mol. The third-order valence-electron chi connectivity index (χ3n) is 2.68. The summed E-state index contributed by atoms with van der Waals surface area (Å²) in [6, 6.07) is 10.1. The minimum atomic E-state index is 0.140. The fraction of sp³-hybridized carbons (Fsp3) is 0.316. The zero-order valence-electron chi connectivity index (χ0n) is 13.6. The maximum Gasteiger partial charge on any atom is 0.156 e. The van der Waals surface area contributed by atoms with Crippen molar-refractivity contribution in [3.05, 3.63) is 66.3 Å². The number of rotatable bonds is 6. The maximum absolute atomic E-state index is 11.4. The van der Waals surface area contributed by atoms with E-state index in [4.69, 9.17) is 0 Å². The van der Waals surface area contributed by atoms with Crippen LogP contribution in [0, 0.1) is 0 Å². The Bertz CT molecular complexity index is 484. The second-order valence-corrected chi connectivity index (χ2v) is 5.74. The highest BCUT2D eigenvalue weighted by Crippen LogP contribution is 2.20. The Morgan fingerprint density at radius 2 is 1.81 bits per heavy atom. The molecular formula is C19H26OS. The normalized spacial score (nSPS) is 11.0. The molecule has 0 aliphatic rings. The molecule has 1 rings (SSSR count). The number of ketones is 1. The molecule has 0 spiro atoms. The van der Waals surface area contributed by atoms with Crippen LogP contribution < -0.4 is 0 Å². The van der Waals surface area contributed by atoms with Crippen molar-refractivity contribution in [2.24, 2.45) is 0 Å². The largest absolute Gasteiger partial charge is 0.295 e. The van der Waals surface area contributed by atoms with Crippen molar-refractivity contribution in [3.63, 3.8) is 0 Å². The van der Waals surface area contributed by atoms with Gasteiger partial charge in [-0.2, -0.15) is 0 Å². The Hall–Kier alpha value is -1.54. The number of carbonyl (C=O) groups excluding carboxylic acids is 1. The van der Waals surface area contributed by atoms with E-state index in [2.05, 4.69) is 25.6 Å². The topological polar surface area (TPSA) is 17.1 Å². The number of hydrogen-bond acceptors (Lipinski definition) is 2. The summed E-state index contributed by atoms with van der Waals surface area (Å²) in [7, 11) is 0. The predicted octanol–water partition coefficient (Wildman–Crippen LogP) is 5.84. The monoisotopic (exact) mass is 302 g/mol. The molecule has 1 aromatic carbocycles. The summed E-state index contributed by atoms with van der Waals surface area (Å²) in [5, 5.41) is 0. The lowest BCUT2D eigenvalue weighted by atomic mass is 10.2. The zero-order valence-corrected chi connectivity index (χ0v) is 14.4. The molecule has 0 N–H and O–H groups in total. The average Bonchev–Trinajstić information content (AvgIpc) is 2.48. The number of allylic oxidation sites excluding steroid dienone is 4. The van der Waals surface area contributed by atoms with Gasteiger partial charge in [0.1, 0.15) is 0 Å². The lowest BCUT2D eigenvalue weighted by Gasteiger charge is -2.02. The van der Waals surface area contributed by atoms with Crippen molar-refractivity contribution in [1.29, 1.82) is 0 Å². The summed E-state index contributed by atoms with van der Waals surface area (Å²) in [6.07, 6.45) is 6.83. The van der Waals surface area contributed by atoms with Crippen LogP contribution in [-0.4, -0.2) is 11.5 Å². The summed E-state index contributed by atoms with van der Waals surface area (Å²) in [5.41, 5.74) is 2.11. The van der Waals surface area contributed by atoms with Gasteiger partial charge in [-0.3, -0.25) is 4.79 Å². The second-order valence-electron chi connectivity index (χ2n) is 4.69. The zero-order chi connectivity index (χ0) is 16.1. The van der Waals surface area contributed by atoms with Gasteiger partial charge in [0.2, 0.25) is 0 Å². The highest BCUT2D eigenvalue weighted by Gasteiger charge is 2.03. The van der Waals surface area contributed by atoms with E-state index in [1.807, 2.05) is 50.3 Å². The first-order valence-corrected chi connectivity index (χ1v) is 8.14. The molecule has 0 bridgehead atoms. The fourth-order valence-corrected chi connectivity index (χ4v) is 2.13. The number of Topliss-reactive ketones (excluding diaryl/α,β-unsaturated/α-hetero) is 1. The highest BCUT2D eigenvalue weighted by atomic mass is 32.2. The number of carbonyl (C=O) groups is 1. The molecule has 0 radical (unpaired) electrons. The first kappa shape index (κ1) is 19.5.